The average molecular weight is 285 g/mol. The Morgan fingerprint density at radius 1 is 1.10 bits per heavy atom. The van der Waals surface area contributed by atoms with Crippen molar-refractivity contribution in [2.24, 2.45) is 5.92 Å². The van der Waals surface area contributed by atoms with Crippen LogP contribution in [0.3, 0.4) is 0 Å². The normalized spacial score (nSPS) is 29.4. The maximum atomic E-state index is 12.7. The largest absolute Gasteiger partial charge is 0.300 e. The number of Topliss-reactive ketones (excluding diaryl/α,β-unsaturated/α-hetero) is 1. The highest BCUT2D eigenvalue weighted by Crippen LogP contribution is 2.36. The van der Waals surface area contributed by atoms with E-state index < -0.39 is 0 Å². The molecule has 2 nitrogen and oxygen atoms in total. The molecule has 114 valence electrons. The summed E-state index contributed by atoms with van der Waals surface area (Å²) in [6.07, 6.45) is 6.68. The molecule has 3 rings (SSSR count). The van der Waals surface area contributed by atoms with Gasteiger partial charge in [0.2, 0.25) is 0 Å². The molecule has 2 heterocycles. The lowest BCUT2D eigenvalue weighted by atomic mass is 9.76. The average Bonchev–Trinajstić information content (AvgIpc) is 2.36. The fourth-order valence-electron chi connectivity index (χ4n) is 4.40. The van der Waals surface area contributed by atoms with Crippen molar-refractivity contribution < 1.29 is 4.79 Å². The number of carbonyl (C=O) groups is 1. The van der Waals surface area contributed by atoms with Crippen molar-refractivity contribution >= 4 is 5.78 Å². The molecule has 1 aromatic carbocycles. The molecule has 0 aromatic heterocycles. The summed E-state index contributed by atoms with van der Waals surface area (Å²) in [5.74, 6) is 0.752. The first-order valence-corrected chi connectivity index (χ1v) is 8.35. The Morgan fingerprint density at radius 2 is 1.67 bits per heavy atom. The molecule has 0 radical (unpaired) electrons. The molecule has 2 aliphatic rings. The summed E-state index contributed by atoms with van der Waals surface area (Å²) in [6, 6.07) is 7.80. The van der Waals surface area contributed by atoms with Gasteiger partial charge in [-0.2, -0.15) is 0 Å². The quantitative estimate of drug-likeness (QED) is 0.844. The summed E-state index contributed by atoms with van der Waals surface area (Å²) < 4.78 is 0. The van der Waals surface area contributed by atoms with Crippen LogP contribution in [0, 0.1) is 19.8 Å². The fourth-order valence-corrected chi connectivity index (χ4v) is 4.40. The van der Waals surface area contributed by atoms with Crippen molar-refractivity contribution in [3.8, 4) is 0 Å². The van der Waals surface area contributed by atoms with Crippen molar-refractivity contribution in [1.29, 1.82) is 0 Å². The molecular formula is C19H27NO. The molecule has 2 unspecified atom stereocenters. The van der Waals surface area contributed by atoms with Crippen LogP contribution in [0.5, 0.6) is 0 Å². The van der Waals surface area contributed by atoms with Gasteiger partial charge >= 0.3 is 0 Å². The van der Waals surface area contributed by atoms with Gasteiger partial charge in [0, 0.05) is 24.4 Å². The van der Waals surface area contributed by atoms with E-state index in [0.717, 1.165) is 12.8 Å². The molecule has 0 saturated carbocycles. The number of ketones is 1. The molecule has 0 aliphatic carbocycles. The Hall–Kier alpha value is -1.15. The minimum atomic E-state index is 0.289. The summed E-state index contributed by atoms with van der Waals surface area (Å²) in [5, 5.41) is 0. The summed E-state index contributed by atoms with van der Waals surface area (Å²) in [5.41, 5.74) is 3.72. The van der Waals surface area contributed by atoms with Crippen molar-refractivity contribution in [2.45, 2.75) is 64.5 Å². The molecule has 2 saturated heterocycles. The summed E-state index contributed by atoms with van der Waals surface area (Å²) >= 11 is 0. The molecular weight excluding hydrogens is 258 g/mol. The minimum absolute atomic E-state index is 0.289. The highest BCUT2D eigenvalue weighted by molar-refractivity contribution is 5.83. The van der Waals surface area contributed by atoms with E-state index in [9.17, 15) is 4.79 Å². The van der Waals surface area contributed by atoms with Crippen LogP contribution >= 0.6 is 0 Å². The van der Waals surface area contributed by atoms with Crippen molar-refractivity contribution in [3.63, 3.8) is 0 Å². The smallest absolute Gasteiger partial charge is 0.140 e. The molecule has 21 heavy (non-hydrogen) atoms. The molecule has 0 spiro atoms. The summed E-state index contributed by atoms with van der Waals surface area (Å²) in [4.78, 5) is 15.2. The van der Waals surface area contributed by atoms with E-state index in [1.165, 1.54) is 36.0 Å². The molecule has 2 heteroatoms. The number of aryl methyl sites for hydroxylation is 2. The van der Waals surface area contributed by atoms with Crippen LogP contribution in [0.25, 0.3) is 0 Å². The van der Waals surface area contributed by atoms with Gasteiger partial charge in [0.25, 0.3) is 0 Å². The molecule has 0 N–H and O–H groups in total. The standard InChI is InChI=1S/C19H27NO/c1-13-7-14(2)9-15(8-13)10-19(21)16-11-17-5-4-6-18(12-16)20(17)3/h7-9,16-18H,4-6,10-12H2,1-3H3. The van der Waals surface area contributed by atoms with Gasteiger partial charge in [-0.05, 0) is 52.1 Å². The first kappa shape index (κ1) is 14.8. The molecule has 2 atom stereocenters. The number of hydrogen-bond acceptors (Lipinski definition) is 2. The Morgan fingerprint density at radius 3 is 2.24 bits per heavy atom. The van der Waals surface area contributed by atoms with E-state index in [0.29, 0.717) is 24.3 Å². The number of benzene rings is 1. The van der Waals surface area contributed by atoms with E-state index in [2.05, 4.69) is 44.0 Å². The van der Waals surface area contributed by atoms with Gasteiger partial charge in [0.05, 0.1) is 0 Å². The summed E-state index contributed by atoms with van der Waals surface area (Å²) in [6.45, 7) is 4.22. The molecule has 0 amide bonds. The van der Waals surface area contributed by atoms with Crippen LogP contribution < -0.4 is 0 Å². The highest BCUT2D eigenvalue weighted by Gasteiger charge is 2.38. The van der Waals surface area contributed by atoms with Gasteiger partial charge in [-0.25, -0.2) is 0 Å². The van der Waals surface area contributed by atoms with Gasteiger partial charge in [-0.1, -0.05) is 35.7 Å². The fraction of sp³-hybridized carbons (Fsp3) is 0.632. The van der Waals surface area contributed by atoms with Crippen molar-refractivity contribution in [1.82, 2.24) is 4.90 Å². The Kier molecular flexibility index (Phi) is 4.17. The SMILES string of the molecule is Cc1cc(C)cc(CC(=O)C2CC3CCCC(C2)N3C)c1. The van der Waals surface area contributed by atoms with E-state index in [4.69, 9.17) is 0 Å². The second-order valence-corrected chi connectivity index (χ2v) is 7.21. The maximum absolute atomic E-state index is 12.7. The zero-order valence-corrected chi connectivity index (χ0v) is 13.6. The monoisotopic (exact) mass is 285 g/mol. The number of nitrogens with zero attached hydrogens (tertiary/aromatic N) is 1. The van der Waals surface area contributed by atoms with Gasteiger partial charge in [0.1, 0.15) is 5.78 Å². The number of carbonyl (C=O) groups excluding carboxylic acids is 1. The van der Waals surface area contributed by atoms with E-state index in [1.54, 1.807) is 0 Å². The van der Waals surface area contributed by atoms with Crippen LogP contribution in [0.1, 0.15) is 48.8 Å². The van der Waals surface area contributed by atoms with E-state index in [1.807, 2.05) is 0 Å². The van der Waals surface area contributed by atoms with Crippen LogP contribution in [-0.2, 0) is 11.2 Å². The zero-order valence-electron chi connectivity index (χ0n) is 13.6. The lowest BCUT2D eigenvalue weighted by Crippen LogP contribution is -2.51. The molecule has 2 aliphatic heterocycles. The maximum Gasteiger partial charge on any atom is 0.140 e. The molecule has 2 fully saturated rings. The van der Waals surface area contributed by atoms with Gasteiger partial charge < -0.3 is 4.90 Å². The second-order valence-electron chi connectivity index (χ2n) is 7.21. The van der Waals surface area contributed by atoms with Crippen molar-refractivity contribution in [3.05, 3.63) is 34.9 Å². The summed E-state index contributed by atoms with van der Waals surface area (Å²) in [7, 11) is 2.25. The first-order valence-electron chi connectivity index (χ1n) is 8.35. The van der Waals surface area contributed by atoms with E-state index in [-0.39, 0.29) is 5.92 Å². The molecule has 1 aromatic rings. The molecule has 2 bridgehead atoms. The Balaban J connectivity index is 1.68. The van der Waals surface area contributed by atoms with Crippen LogP contribution in [0.2, 0.25) is 0 Å². The second kappa shape index (κ2) is 5.92. The van der Waals surface area contributed by atoms with Gasteiger partial charge in [-0.15, -0.1) is 0 Å². The Labute approximate surface area is 128 Å². The third-order valence-electron chi connectivity index (χ3n) is 5.45. The first-order chi connectivity index (χ1) is 10.0. The topological polar surface area (TPSA) is 20.3 Å². The number of hydrogen-bond donors (Lipinski definition) is 0. The van der Waals surface area contributed by atoms with E-state index >= 15 is 0 Å². The van der Waals surface area contributed by atoms with Crippen LogP contribution in [0.15, 0.2) is 18.2 Å². The number of rotatable bonds is 3. The zero-order chi connectivity index (χ0) is 15.0. The van der Waals surface area contributed by atoms with Gasteiger partial charge in [-0.3, -0.25) is 4.79 Å². The number of piperidine rings is 2. The third-order valence-corrected chi connectivity index (χ3v) is 5.45. The lowest BCUT2D eigenvalue weighted by molar-refractivity contribution is -0.125. The third kappa shape index (κ3) is 3.21. The predicted octanol–water partition coefficient (Wildman–Crippen LogP) is 3.68. The van der Waals surface area contributed by atoms with Crippen LogP contribution in [-0.4, -0.2) is 29.8 Å². The number of fused-ring (bicyclic) bond motifs is 2. The predicted molar refractivity (Wildman–Crippen MR) is 86.5 cm³/mol. The van der Waals surface area contributed by atoms with Gasteiger partial charge in [0.15, 0.2) is 0 Å². The van der Waals surface area contributed by atoms with Crippen LogP contribution in [0.4, 0.5) is 0 Å². The minimum Gasteiger partial charge on any atom is -0.300 e. The highest BCUT2D eigenvalue weighted by atomic mass is 16.1. The Bertz CT molecular complexity index is 502. The van der Waals surface area contributed by atoms with Crippen molar-refractivity contribution in [2.75, 3.05) is 7.05 Å². The lowest BCUT2D eigenvalue weighted by Gasteiger charge is -2.46.